The minimum atomic E-state index is -2.11. The lowest BCUT2D eigenvalue weighted by molar-refractivity contribution is -0.165. The molecule has 7 aliphatic rings. The maximum Gasteiger partial charge on any atom is 0.326 e. The Hall–Kier alpha value is -6.87. The lowest BCUT2D eigenvalue weighted by atomic mass is 9.78. The Morgan fingerprint density at radius 3 is 2.27 bits per heavy atom. The van der Waals surface area contributed by atoms with Crippen LogP contribution in [0.2, 0.25) is 0 Å². The normalized spacial score (nSPS) is 30.5. The summed E-state index contributed by atoms with van der Waals surface area (Å²) < 4.78 is 20.1. The van der Waals surface area contributed by atoms with E-state index in [-0.39, 0.29) is 75.5 Å². The second kappa shape index (κ2) is 21.8. The van der Waals surface area contributed by atoms with Crippen LogP contribution in [0.15, 0.2) is 81.6 Å². The number of piperidine rings is 2. The molecule has 10 rings (SSSR count). The molecule has 7 heterocycles. The molecule has 6 aliphatic heterocycles. The minimum absolute atomic E-state index is 0.0314. The van der Waals surface area contributed by atoms with Gasteiger partial charge in [0.05, 0.1) is 58.1 Å². The summed E-state index contributed by atoms with van der Waals surface area (Å²) in [6.45, 7) is 18.1. The Morgan fingerprint density at radius 1 is 0.885 bits per heavy atom. The van der Waals surface area contributed by atoms with Crippen LogP contribution in [-0.4, -0.2) is 143 Å². The molecule has 0 saturated carbocycles. The summed E-state index contributed by atoms with van der Waals surface area (Å²) in [6.07, 6.45) is 3.19. The van der Waals surface area contributed by atoms with Crippen LogP contribution in [0, 0.1) is 36.5 Å². The number of imidazole rings is 1. The number of benzene rings is 2. The number of aliphatic hydroxyl groups is 3. The van der Waals surface area contributed by atoms with Crippen LogP contribution in [0.5, 0.6) is 11.5 Å². The molecule has 3 aromatic rings. The molecule has 78 heavy (non-hydrogen) atoms. The molecular weight excluding hydrogens is 1000 g/mol. The molecule has 2 amide bonds. The molecular formula is C58H73N7O13. The van der Waals surface area contributed by atoms with E-state index in [9.17, 15) is 49.2 Å². The average molecular weight is 1080 g/mol. The van der Waals surface area contributed by atoms with Crippen molar-refractivity contribution in [2.75, 3.05) is 32.7 Å². The van der Waals surface area contributed by atoms with Crippen LogP contribution in [0.1, 0.15) is 125 Å². The molecule has 5 bridgehead atoms. The van der Waals surface area contributed by atoms with Crippen LogP contribution in [0.25, 0.3) is 11.0 Å². The Morgan fingerprint density at radius 2 is 1.58 bits per heavy atom. The first-order chi connectivity index (χ1) is 36.9. The molecule has 2 fully saturated rings. The number of H-pyrrole nitrogens is 1. The van der Waals surface area contributed by atoms with E-state index in [0.717, 1.165) is 18.3 Å². The molecule has 1 aliphatic carbocycles. The number of rotatable bonds is 6. The number of nitrogens with one attached hydrogen (secondary N) is 3. The van der Waals surface area contributed by atoms with Crippen LogP contribution >= 0.6 is 0 Å². The third-order valence-corrected chi connectivity index (χ3v) is 16.8. The Bertz CT molecular complexity index is 3130. The summed E-state index contributed by atoms with van der Waals surface area (Å²) in [5, 5.41) is 53.6. The second-order valence-electron chi connectivity index (χ2n) is 22.8. The van der Waals surface area contributed by atoms with Gasteiger partial charge in [0, 0.05) is 98.9 Å². The largest absolute Gasteiger partial charge is 0.507 e. The number of esters is 1. The van der Waals surface area contributed by atoms with Crippen molar-refractivity contribution in [2.45, 2.75) is 136 Å². The highest BCUT2D eigenvalue weighted by molar-refractivity contribution is 6.34. The summed E-state index contributed by atoms with van der Waals surface area (Å²) in [5.74, 6) is -9.10. The molecule has 20 heteroatoms. The van der Waals surface area contributed by atoms with Crippen molar-refractivity contribution in [3.63, 3.8) is 0 Å². The molecule has 9 atom stereocenters. The van der Waals surface area contributed by atoms with Gasteiger partial charge in [-0.1, -0.05) is 71.9 Å². The third kappa shape index (κ3) is 10.3. The number of aromatic hydroxyl groups is 1. The summed E-state index contributed by atoms with van der Waals surface area (Å²) >= 11 is 0. The van der Waals surface area contributed by atoms with Gasteiger partial charge in [0.15, 0.2) is 0 Å². The van der Waals surface area contributed by atoms with Gasteiger partial charge in [-0.25, -0.2) is 4.79 Å². The Balaban J connectivity index is 1.01. The predicted molar refractivity (Wildman–Crippen MR) is 288 cm³/mol. The number of aliphatic imine (C=N–C) groups is 1. The van der Waals surface area contributed by atoms with E-state index in [2.05, 4.69) is 34.4 Å². The zero-order valence-electron chi connectivity index (χ0n) is 45.8. The number of carbonyl (C=O) groups is 5. The van der Waals surface area contributed by atoms with Gasteiger partial charge in [-0.3, -0.25) is 33.5 Å². The van der Waals surface area contributed by atoms with E-state index < -0.39 is 101 Å². The first-order valence-corrected chi connectivity index (χ1v) is 27.2. The van der Waals surface area contributed by atoms with Crippen molar-refractivity contribution in [1.29, 1.82) is 0 Å². The Kier molecular flexibility index (Phi) is 15.6. The lowest BCUT2D eigenvalue weighted by Gasteiger charge is -2.38. The number of allylic oxidation sites excluding steroid dienone is 4. The van der Waals surface area contributed by atoms with E-state index in [4.69, 9.17) is 19.2 Å². The fourth-order valence-electron chi connectivity index (χ4n) is 12.0. The smallest absolute Gasteiger partial charge is 0.326 e. The van der Waals surface area contributed by atoms with Gasteiger partial charge in [-0.15, -0.1) is 0 Å². The maximum atomic E-state index is 14.9. The van der Waals surface area contributed by atoms with E-state index in [1.807, 2.05) is 24.3 Å². The van der Waals surface area contributed by atoms with Crippen molar-refractivity contribution in [2.24, 2.45) is 34.6 Å². The SMILES string of the molecule is C/C1=C/C=C/[C@H](C)[C@H](O)[C@@H](C)[C@@H](O)[C@@H](C)[C@H](OC(=O)CC(=O)N2CCC(n3c(=O)[nH]c4ccccc43)CC2)[C@H](C)[C@H](O)/C=C/O[C@@]2(C)Oc3c(C)c(O)c4c(c3C2=O)C2=NC3(CCN(CC(C)C)CC3)NC2=C(NC1=O)C4=O. The lowest BCUT2D eigenvalue weighted by Crippen LogP contribution is -2.50. The van der Waals surface area contributed by atoms with Gasteiger partial charge in [0.25, 0.3) is 11.7 Å². The van der Waals surface area contributed by atoms with Gasteiger partial charge in [-0.05, 0) is 50.8 Å². The number of likely N-dealkylation sites (tertiary alicyclic amines) is 2. The zero-order chi connectivity index (χ0) is 56.3. The van der Waals surface area contributed by atoms with E-state index >= 15 is 0 Å². The van der Waals surface area contributed by atoms with E-state index in [1.54, 1.807) is 56.2 Å². The first kappa shape index (κ1) is 55.9. The Labute approximate surface area is 452 Å². The maximum absolute atomic E-state index is 14.9. The number of phenolic OH excluding ortho intramolecular Hbond substituents is 1. The summed E-state index contributed by atoms with van der Waals surface area (Å²) in [6, 6.07) is 7.21. The van der Waals surface area contributed by atoms with Crippen LogP contribution in [0.3, 0.4) is 0 Å². The fourth-order valence-corrected chi connectivity index (χ4v) is 12.0. The van der Waals surface area contributed by atoms with Gasteiger partial charge in [0.2, 0.25) is 11.7 Å². The van der Waals surface area contributed by atoms with Crippen LogP contribution < -0.4 is 21.1 Å². The van der Waals surface area contributed by atoms with Crippen molar-refractivity contribution < 1.29 is 58.6 Å². The zero-order valence-corrected chi connectivity index (χ0v) is 45.8. The average Bonchev–Trinajstić information content (AvgIpc) is 4.26. The van der Waals surface area contributed by atoms with E-state index in [0.29, 0.717) is 50.2 Å². The van der Waals surface area contributed by atoms with Crippen molar-refractivity contribution in [1.82, 2.24) is 30.0 Å². The van der Waals surface area contributed by atoms with Gasteiger partial charge >= 0.3 is 17.4 Å². The van der Waals surface area contributed by atoms with Crippen molar-refractivity contribution in [3.8, 4) is 11.5 Å². The number of amides is 2. The number of phenols is 1. The number of aromatic nitrogens is 2. The topological polar surface area (TPSA) is 275 Å². The number of aliphatic hydroxyl groups excluding tert-OH is 3. The number of ketones is 2. The van der Waals surface area contributed by atoms with Crippen LogP contribution in [0.4, 0.5) is 0 Å². The molecule has 2 saturated heterocycles. The van der Waals surface area contributed by atoms with Crippen molar-refractivity contribution >= 4 is 46.1 Å². The molecule has 0 unspecified atom stereocenters. The van der Waals surface area contributed by atoms with Gasteiger partial charge in [0.1, 0.15) is 35.4 Å². The highest BCUT2D eigenvalue weighted by Crippen LogP contribution is 2.50. The standard InChI is InChI=1S/C58H73N7O13/c1-29(2)28-63-24-20-58(21-25-63)61-45-42-43-50(71)35(8)53-44(42)54(73)57(9,78-53)76-26-19-39(66)32(5)52(77-41(68)27-40(67)64-22-17-36(18-23-64)65-38-16-11-10-15-37(38)59-56(65)75)34(7)49(70)33(6)48(69)30(3)13-12-14-31(4)55(74)60-47(51(43)72)46(45)62-58/h10-16,19,26,29-30,32-34,36,39,48-49,52,62,66,69-71H,17-18,20-25,27-28H2,1-9H3,(H,59,75)(H,60,74)/b13-12+,26-19+,31-14-/t30-,32+,33+,34+,39+,48-,49+,52+,57-/m0/s1. The number of carbonyl (C=O) groups excluding carboxylic acids is 5. The number of fused-ring (bicyclic) bond motifs is 14. The number of ether oxygens (including phenoxy) is 3. The molecule has 418 valence electrons. The summed E-state index contributed by atoms with van der Waals surface area (Å²) in [7, 11) is 0. The van der Waals surface area contributed by atoms with Crippen LogP contribution in [-0.2, 0) is 23.9 Å². The third-order valence-electron chi connectivity index (χ3n) is 16.8. The molecule has 1 spiro atoms. The fraction of sp³-hybridized carbons (Fsp3) is 0.534. The highest BCUT2D eigenvalue weighted by atomic mass is 16.7. The first-order valence-electron chi connectivity index (χ1n) is 27.2. The molecule has 1 aromatic heterocycles. The van der Waals surface area contributed by atoms with Crippen molar-refractivity contribution in [3.05, 3.63) is 105 Å². The minimum Gasteiger partial charge on any atom is -0.507 e. The number of nitrogens with zero attached hydrogens (tertiary/aromatic N) is 4. The molecule has 2 aromatic carbocycles. The molecule has 7 N–H and O–H groups in total. The quantitative estimate of drug-likeness (QED) is 0.129. The summed E-state index contributed by atoms with van der Waals surface area (Å²) in [4.78, 5) is 96.2. The molecule has 0 radical (unpaired) electrons. The number of hydrogen-bond donors (Lipinski definition) is 7. The molecule has 20 nitrogen and oxygen atoms in total. The highest BCUT2D eigenvalue weighted by Gasteiger charge is 2.54. The predicted octanol–water partition coefficient (Wildman–Crippen LogP) is 4.84. The van der Waals surface area contributed by atoms with E-state index in [1.165, 1.54) is 26.0 Å². The number of para-hydroxylation sites is 2. The number of aromatic amines is 1. The number of Topliss-reactive ketones (excluding diaryl/α,β-unsaturated/α-hetero) is 2. The summed E-state index contributed by atoms with van der Waals surface area (Å²) in [5.41, 5.74) is 0.542. The second-order valence-corrected chi connectivity index (χ2v) is 22.8. The number of hydrogen-bond acceptors (Lipinski definition) is 16. The van der Waals surface area contributed by atoms with Gasteiger partial charge in [-0.2, -0.15) is 0 Å². The van der Waals surface area contributed by atoms with Gasteiger partial charge < -0.3 is 60.1 Å². The monoisotopic (exact) mass is 1080 g/mol.